The highest BCUT2D eigenvalue weighted by Crippen LogP contribution is 2.31. The lowest BCUT2D eigenvalue weighted by Crippen LogP contribution is -2.42. The Balaban J connectivity index is 1.55. The molecule has 0 spiro atoms. The number of phenols is 1. The van der Waals surface area contributed by atoms with Crippen LogP contribution in [0.4, 0.5) is 0 Å². The smallest absolute Gasteiger partial charge is 0.226 e. The number of hydrogen-bond acceptors (Lipinski definition) is 4. The zero-order chi connectivity index (χ0) is 19.9. The van der Waals surface area contributed by atoms with E-state index >= 15 is 0 Å². The maximum atomic E-state index is 13.0. The van der Waals surface area contributed by atoms with Gasteiger partial charge in [0.05, 0.1) is 7.11 Å². The van der Waals surface area contributed by atoms with Crippen molar-refractivity contribution in [2.75, 3.05) is 26.7 Å². The van der Waals surface area contributed by atoms with Gasteiger partial charge in [0.15, 0.2) is 11.5 Å². The lowest BCUT2D eigenvalue weighted by Gasteiger charge is -2.34. The van der Waals surface area contributed by atoms with Crippen LogP contribution in [0.25, 0.3) is 0 Å². The fourth-order valence-corrected chi connectivity index (χ4v) is 3.85. The zero-order valence-corrected chi connectivity index (χ0v) is 16.8. The third-order valence-corrected chi connectivity index (χ3v) is 5.54. The highest BCUT2D eigenvalue weighted by atomic mass is 16.5. The fraction of sp³-hybridized carbons (Fsp3) is 0.435. The molecule has 3 rings (SSSR count). The third kappa shape index (κ3) is 4.84. The van der Waals surface area contributed by atoms with Gasteiger partial charge in [0, 0.05) is 31.1 Å². The van der Waals surface area contributed by atoms with Crippen LogP contribution >= 0.6 is 0 Å². The van der Waals surface area contributed by atoms with Gasteiger partial charge in [-0.05, 0) is 44.5 Å². The van der Waals surface area contributed by atoms with Crippen molar-refractivity contribution in [3.63, 3.8) is 0 Å². The molecule has 2 aromatic carbocycles. The largest absolute Gasteiger partial charge is 0.504 e. The van der Waals surface area contributed by atoms with E-state index < -0.39 is 0 Å². The molecule has 0 unspecified atom stereocenters. The van der Waals surface area contributed by atoms with Crippen molar-refractivity contribution in [2.45, 2.75) is 32.9 Å². The molecule has 5 heteroatoms. The number of amides is 1. The molecule has 1 heterocycles. The molecular weight excluding hydrogens is 352 g/mol. The monoisotopic (exact) mass is 382 g/mol. The summed E-state index contributed by atoms with van der Waals surface area (Å²) in [7, 11) is 1.56. The number of piperidine rings is 1. The topological polar surface area (TPSA) is 53.0 Å². The zero-order valence-electron chi connectivity index (χ0n) is 16.8. The Morgan fingerprint density at radius 1 is 1.14 bits per heavy atom. The molecule has 2 aromatic rings. The van der Waals surface area contributed by atoms with Gasteiger partial charge in [0.2, 0.25) is 5.91 Å². The number of aromatic hydroxyl groups is 1. The number of ether oxygens (including phenoxy) is 1. The molecule has 0 atom stereocenters. The number of carbonyl (C=O) groups excluding carboxylic acids is 1. The summed E-state index contributed by atoms with van der Waals surface area (Å²) in [6.45, 7) is 5.83. The molecule has 0 aliphatic carbocycles. The first-order valence-electron chi connectivity index (χ1n) is 10.0. The normalized spacial score (nSPS) is 15.4. The minimum Gasteiger partial charge on any atom is -0.504 e. The Hall–Kier alpha value is -2.53. The van der Waals surface area contributed by atoms with Crippen molar-refractivity contribution in [1.82, 2.24) is 9.80 Å². The van der Waals surface area contributed by atoms with E-state index in [4.69, 9.17) is 4.74 Å². The van der Waals surface area contributed by atoms with Crippen molar-refractivity contribution in [1.29, 1.82) is 0 Å². The van der Waals surface area contributed by atoms with Crippen molar-refractivity contribution < 1.29 is 14.6 Å². The van der Waals surface area contributed by atoms with Gasteiger partial charge < -0.3 is 14.7 Å². The second kappa shape index (κ2) is 9.60. The van der Waals surface area contributed by atoms with Crippen LogP contribution in [0, 0.1) is 5.92 Å². The van der Waals surface area contributed by atoms with Gasteiger partial charge in [-0.15, -0.1) is 0 Å². The summed E-state index contributed by atoms with van der Waals surface area (Å²) in [4.78, 5) is 17.2. The third-order valence-electron chi connectivity index (χ3n) is 5.54. The average molecular weight is 383 g/mol. The van der Waals surface area contributed by atoms with E-state index in [1.165, 1.54) is 5.56 Å². The second-order valence-corrected chi connectivity index (χ2v) is 7.36. The molecule has 1 aliphatic heterocycles. The Morgan fingerprint density at radius 2 is 1.86 bits per heavy atom. The van der Waals surface area contributed by atoms with E-state index in [0.717, 1.165) is 38.0 Å². The highest BCUT2D eigenvalue weighted by Gasteiger charge is 2.28. The Morgan fingerprint density at radius 3 is 2.50 bits per heavy atom. The molecule has 28 heavy (non-hydrogen) atoms. The van der Waals surface area contributed by atoms with Crippen molar-refractivity contribution in [2.24, 2.45) is 5.92 Å². The molecule has 1 N–H and O–H groups in total. The molecular formula is C23H30N2O3. The summed E-state index contributed by atoms with van der Waals surface area (Å²) in [5.41, 5.74) is 2.03. The van der Waals surface area contributed by atoms with Crippen LogP contribution in [0.15, 0.2) is 48.5 Å². The van der Waals surface area contributed by atoms with Crippen molar-refractivity contribution >= 4 is 5.91 Å². The molecule has 0 aromatic heterocycles. The van der Waals surface area contributed by atoms with Gasteiger partial charge in [0.1, 0.15) is 0 Å². The molecule has 1 fully saturated rings. The van der Waals surface area contributed by atoms with Crippen LogP contribution in [-0.2, 0) is 17.9 Å². The van der Waals surface area contributed by atoms with Gasteiger partial charge in [-0.3, -0.25) is 9.69 Å². The van der Waals surface area contributed by atoms with E-state index in [1.54, 1.807) is 13.2 Å². The van der Waals surface area contributed by atoms with Gasteiger partial charge in [-0.2, -0.15) is 0 Å². The summed E-state index contributed by atoms with van der Waals surface area (Å²) in [5.74, 6) is 1.05. The van der Waals surface area contributed by atoms with E-state index in [-0.39, 0.29) is 17.6 Å². The van der Waals surface area contributed by atoms with Crippen molar-refractivity contribution in [3.05, 3.63) is 59.7 Å². The van der Waals surface area contributed by atoms with Gasteiger partial charge in [-0.25, -0.2) is 0 Å². The number of carbonyl (C=O) groups is 1. The maximum Gasteiger partial charge on any atom is 0.226 e. The minimum atomic E-state index is 0.0822. The second-order valence-electron chi connectivity index (χ2n) is 7.36. The molecule has 0 saturated carbocycles. The van der Waals surface area contributed by atoms with E-state index in [2.05, 4.69) is 17.0 Å². The maximum absolute atomic E-state index is 13.0. The Labute approximate surface area is 167 Å². The number of benzene rings is 2. The number of rotatable bonds is 7. The fourth-order valence-electron chi connectivity index (χ4n) is 3.85. The number of hydrogen-bond donors (Lipinski definition) is 1. The lowest BCUT2D eigenvalue weighted by atomic mass is 9.94. The molecule has 0 radical (unpaired) electrons. The molecule has 1 saturated heterocycles. The highest BCUT2D eigenvalue weighted by molar-refractivity contribution is 5.79. The predicted octanol–water partition coefficient (Wildman–Crippen LogP) is 3.66. The number of phenolic OH excluding ortho intramolecular Hbond substituents is 1. The number of nitrogens with zero attached hydrogens (tertiary/aromatic N) is 2. The van der Waals surface area contributed by atoms with Crippen LogP contribution in [0.3, 0.4) is 0 Å². The Bertz CT molecular complexity index is 771. The summed E-state index contributed by atoms with van der Waals surface area (Å²) < 4.78 is 5.19. The van der Waals surface area contributed by atoms with Crippen LogP contribution in [0.5, 0.6) is 11.5 Å². The predicted molar refractivity (Wildman–Crippen MR) is 110 cm³/mol. The summed E-state index contributed by atoms with van der Waals surface area (Å²) in [5, 5.41) is 10.3. The number of methoxy groups -OCH3 is 1. The first-order chi connectivity index (χ1) is 13.6. The summed E-state index contributed by atoms with van der Waals surface area (Å²) >= 11 is 0. The first kappa shape index (κ1) is 20.2. The number of likely N-dealkylation sites (tertiary alicyclic amines) is 1. The van der Waals surface area contributed by atoms with Crippen LogP contribution < -0.4 is 4.74 Å². The van der Waals surface area contributed by atoms with E-state index in [1.807, 2.05) is 42.2 Å². The SMILES string of the molecule is CCN(Cc1ccccc1)C(=O)C1CCN(Cc2cccc(OC)c2O)CC1. The molecule has 1 aliphatic rings. The molecule has 1 amide bonds. The van der Waals surface area contributed by atoms with Gasteiger partial charge in [-0.1, -0.05) is 42.5 Å². The number of para-hydroxylation sites is 1. The molecule has 0 bridgehead atoms. The van der Waals surface area contributed by atoms with E-state index in [0.29, 0.717) is 18.8 Å². The van der Waals surface area contributed by atoms with E-state index in [9.17, 15) is 9.90 Å². The van der Waals surface area contributed by atoms with Crippen LogP contribution in [0.2, 0.25) is 0 Å². The minimum absolute atomic E-state index is 0.0822. The quantitative estimate of drug-likeness (QED) is 0.794. The van der Waals surface area contributed by atoms with Crippen molar-refractivity contribution in [3.8, 4) is 11.5 Å². The molecule has 150 valence electrons. The summed E-state index contributed by atoms with van der Waals surface area (Å²) in [6.07, 6.45) is 1.71. The molecule has 5 nitrogen and oxygen atoms in total. The Kier molecular flexibility index (Phi) is 6.93. The average Bonchev–Trinajstić information content (AvgIpc) is 2.74. The van der Waals surface area contributed by atoms with Gasteiger partial charge in [0.25, 0.3) is 0 Å². The van der Waals surface area contributed by atoms with Gasteiger partial charge >= 0.3 is 0 Å². The lowest BCUT2D eigenvalue weighted by molar-refractivity contribution is -0.137. The first-order valence-corrected chi connectivity index (χ1v) is 10.0. The van der Waals surface area contributed by atoms with Crippen LogP contribution in [0.1, 0.15) is 30.9 Å². The summed E-state index contributed by atoms with van der Waals surface area (Å²) in [6, 6.07) is 15.7. The standard InChI is InChI=1S/C23H30N2O3/c1-3-25(16-18-8-5-4-6-9-18)23(27)19-12-14-24(15-13-19)17-20-10-7-11-21(28-2)22(20)26/h4-11,19,26H,3,12-17H2,1-2H3. The van der Waals surface area contributed by atoms with Crippen LogP contribution in [-0.4, -0.2) is 47.6 Å².